The third-order valence-electron chi connectivity index (χ3n) is 3.28. The Kier molecular flexibility index (Phi) is 9.15. The number of ether oxygens (including phenoxy) is 1. The molecule has 0 heterocycles. The summed E-state index contributed by atoms with van der Waals surface area (Å²) in [5, 5.41) is 5.51. The first-order valence-corrected chi connectivity index (χ1v) is 9.38. The summed E-state index contributed by atoms with van der Waals surface area (Å²) in [7, 11) is 0. The highest BCUT2D eigenvalue weighted by molar-refractivity contribution is 7.98. The van der Waals surface area contributed by atoms with Crippen LogP contribution < -0.4 is 16.4 Å². The maximum Gasteiger partial charge on any atom is 0.329 e. The molecule has 3 amide bonds. The van der Waals surface area contributed by atoms with E-state index in [1.165, 1.54) is 18.7 Å². The summed E-state index contributed by atoms with van der Waals surface area (Å²) in [4.78, 5) is 35.2. The van der Waals surface area contributed by atoms with Crippen LogP contribution in [0.15, 0.2) is 24.3 Å². The number of halogens is 1. The second-order valence-electron chi connectivity index (χ2n) is 5.23. The van der Waals surface area contributed by atoms with Crippen molar-refractivity contribution in [1.29, 1.82) is 0 Å². The minimum absolute atomic E-state index is 0.218. The Morgan fingerprint density at radius 3 is 2.60 bits per heavy atom. The van der Waals surface area contributed by atoms with Crippen molar-refractivity contribution in [3.05, 3.63) is 34.9 Å². The van der Waals surface area contributed by atoms with Crippen LogP contribution in [-0.4, -0.2) is 42.1 Å². The van der Waals surface area contributed by atoms with Crippen molar-refractivity contribution in [2.24, 2.45) is 5.73 Å². The number of esters is 1. The van der Waals surface area contributed by atoms with E-state index in [2.05, 4.69) is 10.6 Å². The Hall–Kier alpha value is -1.93. The summed E-state index contributed by atoms with van der Waals surface area (Å²) in [6, 6.07) is 5.40. The fourth-order valence-electron chi connectivity index (χ4n) is 1.93. The first kappa shape index (κ1) is 21.1. The lowest BCUT2D eigenvalue weighted by molar-refractivity contribution is -0.156. The molecule has 1 aromatic rings. The molecule has 0 radical (unpaired) electrons. The zero-order valence-electron chi connectivity index (χ0n) is 14.1. The Labute approximate surface area is 156 Å². The molecule has 0 aliphatic rings. The first-order valence-electron chi connectivity index (χ1n) is 7.61. The molecular formula is C16H22ClN3O4S. The van der Waals surface area contributed by atoms with E-state index in [0.717, 1.165) is 5.56 Å². The number of urea groups is 1. The summed E-state index contributed by atoms with van der Waals surface area (Å²) in [5.41, 5.74) is 5.82. The number of amides is 3. The molecule has 2 atom stereocenters. The van der Waals surface area contributed by atoms with Gasteiger partial charge >= 0.3 is 12.0 Å². The third-order valence-corrected chi connectivity index (χ3v) is 4.30. The molecule has 9 heteroatoms. The predicted octanol–water partition coefficient (Wildman–Crippen LogP) is 1.68. The highest BCUT2D eigenvalue weighted by Crippen LogP contribution is 2.14. The van der Waals surface area contributed by atoms with Crippen molar-refractivity contribution in [3.8, 4) is 0 Å². The topological polar surface area (TPSA) is 111 Å². The molecule has 0 saturated heterocycles. The molecule has 25 heavy (non-hydrogen) atoms. The smallest absolute Gasteiger partial charge is 0.329 e. The summed E-state index contributed by atoms with van der Waals surface area (Å²) >= 11 is 7.53. The van der Waals surface area contributed by atoms with Gasteiger partial charge in [0.05, 0.1) is 0 Å². The van der Waals surface area contributed by atoms with Crippen LogP contribution >= 0.6 is 23.4 Å². The molecule has 0 fully saturated rings. The molecule has 7 nitrogen and oxygen atoms in total. The number of nitrogens with one attached hydrogen (secondary N) is 2. The second kappa shape index (κ2) is 10.8. The van der Waals surface area contributed by atoms with Gasteiger partial charge in [-0.25, -0.2) is 9.59 Å². The SMILES string of the molecule is CSCC[C@@H](NC(N)=O)C(=O)O[C@H](C)C(=O)NCc1ccccc1Cl. The van der Waals surface area contributed by atoms with Crippen LogP contribution in [0, 0.1) is 0 Å². The Morgan fingerprint density at radius 2 is 2.00 bits per heavy atom. The standard InChI is InChI=1S/C16H22ClN3O4S/c1-10(14(21)19-9-11-5-3-4-6-12(11)17)24-15(22)13(7-8-25-2)20-16(18)23/h3-6,10,13H,7-9H2,1-2H3,(H,19,21)(H3,18,20,23)/t10-,13-/m1/s1. The molecule has 1 aromatic carbocycles. The van der Waals surface area contributed by atoms with E-state index in [4.69, 9.17) is 22.1 Å². The van der Waals surface area contributed by atoms with E-state index in [0.29, 0.717) is 17.2 Å². The number of carbonyl (C=O) groups is 3. The molecule has 0 bridgehead atoms. The number of hydrogen-bond donors (Lipinski definition) is 3. The monoisotopic (exact) mass is 387 g/mol. The van der Waals surface area contributed by atoms with Gasteiger partial charge in [0.2, 0.25) is 0 Å². The van der Waals surface area contributed by atoms with Crippen LogP contribution in [0.3, 0.4) is 0 Å². The molecule has 0 aromatic heterocycles. The van der Waals surface area contributed by atoms with Gasteiger partial charge in [-0.05, 0) is 37.0 Å². The number of hydrogen-bond acceptors (Lipinski definition) is 5. The lowest BCUT2D eigenvalue weighted by atomic mass is 10.2. The summed E-state index contributed by atoms with van der Waals surface area (Å²) in [5.74, 6) is -0.531. The van der Waals surface area contributed by atoms with Crippen LogP contribution in [0.1, 0.15) is 18.9 Å². The molecule has 4 N–H and O–H groups in total. The number of rotatable bonds is 9. The van der Waals surface area contributed by atoms with Gasteiger partial charge in [-0.1, -0.05) is 29.8 Å². The quantitative estimate of drug-likeness (QED) is 0.558. The van der Waals surface area contributed by atoms with E-state index >= 15 is 0 Å². The van der Waals surface area contributed by atoms with Crippen molar-refractivity contribution in [2.45, 2.75) is 32.0 Å². The fraction of sp³-hybridized carbons (Fsp3) is 0.438. The van der Waals surface area contributed by atoms with Crippen LogP contribution in [0.25, 0.3) is 0 Å². The van der Waals surface area contributed by atoms with Gasteiger partial charge in [-0.2, -0.15) is 11.8 Å². The highest BCUT2D eigenvalue weighted by atomic mass is 35.5. The van der Waals surface area contributed by atoms with Crippen molar-refractivity contribution in [1.82, 2.24) is 10.6 Å². The normalized spacial score (nSPS) is 12.8. The van der Waals surface area contributed by atoms with Crippen LogP contribution in [0.5, 0.6) is 0 Å². The van der Waals surface area contributed by atoms with E-state index < -0.39 is 30.1 Å². The Balaban J connectivity index is 2.55. The minimum atomic E-state index is -1.01. The number of nitrogens with two attached hydrogens (primary N) is 1. The molecule has 0 unspecified atom stereocenters. The summed E-state index contributed by atoms with van der Waals surface area (Å²) in [6.45, 7) is 1.67. The zero-order valence-corrected chi connectivity index (χ0v) is 15.7. The Bertz CT molecular complexity index is 615. The maximum absolute atomic E-state index is 12.1. The van der Waals surface area contributed by atoms with Gasteiger partial charge < -0.3 is 21.1 Å². The van der Waals surface area contributed by atoms with Crippen molar-refractivity contribution >= 4 is 41.3 Å². The van der Waals surface area contributed by atoms with Gasteiger partial charge in [0.15, 0.2) is 6.10 Å². The van der Waals surface area contributed by atoms with Crippen LogP contribution in [0.4, 0.5) is 4.79 Å². The second-order valence-corrected chi connectivity index (χ2v) is 6.62. The van der Waals surface area contributed by atoms with E-state index in [9.17, 15) is 14.4 Å². The summed E-state index contributed by atoms with van der Waals surface area (Å²) in [6.07, 6.45) is 1.22. The Morgan fingerprint density at radius 1 is 1.32 bits per heavy atom. The number of benzene rings is 1. The number of thioether (sulfide) groups is 1. The molecular weight excluding hydrogens is 366 g/mol. The molecule has 0 aliphatic carbocycles. The molecule has 0 aliphatic heterocycles. The lowest BCUT2D eigenvalue weighted by Gasteiger charge is -2.19. The third kappa shape index (κ3) is 7.66. The zero-order chi connectivity index (χ0) is 18.8. The molecule has 1 rings (SSSR count). The van der Waals surface area contributed by atoms with E-state index in [1.807, 2.05) is 12.3 Å². The average Bonchev–Trinajstić information content (AvgIpc) is 2.57. The van der Waals surface area contributed by atoms with Crippen molar-refractivity contribution < 1.29 is 19.1 Å². The van der Waals surface area contributed by atoms with Crippen LogP contribution in [-0.2, 0) is 20.9 Å². The van der Waals surface area contributed by atoms with E-state index in [-0.39, 0.29) is 6.54 Å². The minimum Gasteiger partial charge on any atom is -0.451 e. The van der Waals surface area contributed by atoms with Crippen molar-refractivity contribution in [2.75, 3.05) is 12.0 Å². The van der Waals surface area contributed by atoms with Gasteiger partial charge in [-0.3, -0.25) is 4.79 Å². The first-order chi connectivity index (χ1) is 11.8. The molecule has 138 valence electrons. The largest absolute Gasteiger partial charge is 0.451 e. The molecule has 0 spiro atoms. The van der Waals surface area contributed by atoms with E-state index in [1.54, 1.807) is 18.2 Å². The number of primary amides is 1. The molecule has 0 saturated carbocycles. The van der Waals surface area contributed by atoms with Gasteiger partial charge in [0.1, 0.15) is 6.04 Å². The van der Waals surface area contributed by atoms with Crippen molar-refractivity contribution in [3.63, 3.8) is 0 Å². The van der Waals surface area contributed by atoms with Crippen LogP contribution in [0.2, 0.25) is 5.02 Å². The van der Waals surface area contributed by atoms with Gasteiger partial charge in [-0.15, -0.1) is 0 Å². The summed E-state index contributed by atoms with van der Waals surface area (Å²) < 4.78 is 5.13. The lowest BCUT2D eigenvalue weighted by Crippen LogP contribution is -2.47. The predicted molar refractivity (Wildman–Crippen MR) is 98.4 cm³/mol. The van der Waals surface area contributed by atoms with Gasteiger partial charge in [0, 0.05) is 11.6 Å². The maximum atomic E-state index is 12.1. The average molecular weight is 388 g/mol. The van der Waals surface area contributed by atoms with Gasteiger partial charge in [0.25, 0.3) is 5.91 Å². The number of carbonyl (C=O) groups excluding carboxylic acids is 3. The highest BCUT2D eigenvalue weighted by Gasteiger charge is 2.25. The fourth-order valence-corrected chi connectivity index (χ4v) is 2.61.